The summed E-state index contributed by atoms with van der Waals surface area (Å²) in [6.45, 7) is 1.37. The molecule has 3 N–H and O–H groups in total. The van der Waals surface area contributed by atoms with E-state index in [0.29, 0.717) is 32.6 Å². The second-order valence-electron chi connectivity index (χ2n) is 6.97. The summed E-state index contributed by atoms with van der Waals surface area (Å²) in [6, 6.07) is 13.7. The van der Waals surface area contributed by atoms with Gasteiger partial charge in [-0.1, -0.05) is 18.2 Å². The number of aromatic nitrogens is 3. The van der Waals surface area contributed by atoms with Gasteiger partial charge >= 0.3 is 0 Å². The summed E-state index contributed by atoms with van der Waals surface area (Å²) in [5.74, 6) is -0.149. The van der Waals surface area contributed by atoms with E-state index in [1.807, 2.05) is 53.3 Å². The van der Waals surface area contributed by atoms with E-state index in [1.54, 1.807) is 12.4 Å². The number of carbonyl (C=O) groups is 1. The van der Waals surface area contributed by atoms with Crippen molar-refractivity contribution in [3.8, 4) is 16.9 Å². The van der Waals surface area contributed by atoms with Crippen molar-refractivity contribution in [2.24, 2.45) is 5.73 Å². The molecule has 0 unspecified atom stereocenters. The summed E-state index contributed by atoms with van der Waals surface area (Å²) in [6.07, 6.45) is 6.46. The Bertz CT molecular complexity index is 945. The van der Waals surface area contributed by atoms with Crippen LogP contribution in [0.3, 0.4) is 0 Å². The largest absolute Gasteiger partial charge is 0.381 e. The van der Waals surface area contributed by atoms with Crippen molar-refractivity contribution in [3.63, 3.8) is 0 Å². The molecule has 2 aromatic heterocycles. The molecule has 0 saturated carbocycles. The molecule has 160 valence electrons. The highest BCUT2D eigenvalue weighted by atomic mass is 35.5. The smallest absolute Gasteiger partial charge is 0.240 e. The Hall–Kier alpha value is -2.45. The van der Waals surface area contributed by atoms with Crippen LogP contribution in [0.25, 0.3) is 16.9 Å². The Morgan fingerprint density at radius 2 is 1.77 bits per heavy atom. The maximum atomic E-state index is 12.7. The minimum atomic E-state index is -0.871. The van der Waals surface area contributed by atoms with Gasteiger partial charge in [0.2, 0.25) is 5.91 Å². The van der Waals surface area contributed by atoms with Crippen molar-refractivity contribution in [2.75, 3.05) is 13.2 Å². The summed E-state index contributed by atoms with van der Waals surface area (Å²) in [5, 5.41) is 7.74. The van der Waals surface area contributed by atoms with E-state index in [0.717, 1.165) is 22.5 Å². The summed E-state index contributed by atoms with van der Waals surface area (Å²) < 4.78 is 7.15. The highest BCUT2D eigenvalue weighted by molar-refractivity contribution is 5.86. The zero-order valence-corrected chi connectivity index (χ0v) is 18.0. The van der Waals surface area contributed by atoms with Crippen LogP contribution < -0.4 is 11.1 Å². The average Bonchev–Trinajstić information content (AvgIpc) is 3.18. The monoisotopic (exact) mass is 449 g/mol. The fourth-order valence-corrected chi connectivity index (χ4v) is 3.32. The lowest BCUT2D eigenvalue weighted by atomic mass is 9.90. The van der Waals surface area contributed by atoms with Gasteiger partial charge in [0.05, 0.1) is 16.9 Å². The molecule has 0 atom stereocenters. The molecule has 4 rings (SSSR count). The van der Waals surface area contributed by atoms with Crippen LogP contribution in [0, 0.1) is 0 Å². The van der Waals surface area contributed by atoms with Crippen molar-refractivity contribution in [2.45, 2.75) is 24.9 Å². The van der Waals surface area contributed by atoms with Crippen LogP contribution in [0.4, 0.5) is 0 Å². The molecule has 0 bridgehead atoms. The first-order chi connectivity index (χ1) is 13.7. The highest BCUT2D eigenvalue weighted by Gasteiger charge is 2.35. The number of nitrogens with zero attached hydrogens (tertiary/aromatic N) is 3. The first kappa shape index (κ1) is 23.8. The van der Waals surface area contributed by atoms with Gasteiger partial charge in [-0.2, -0.15) is 5.10 Å². The molecule has 9 heteroatoms. The van der Waals surface area contributed by atoms with E-state index in [1.165, 1.54) is 0 Å². The fraction of sp³-hybridized carbons (Fsp3) is 0.286. The zero-order valence-electron chi connectivity index (χ0n) is 16.4. The summed E-state index contributed by atoms with van der Waals surface area (Å²) in [4.78, 5) is 16.8. The van der Waals surface area contributed by atoms with E-state index < -0.39 is 5.54 Å². The number of amides is 1. The molecule has 1 saturated heterocycles. The number of ether oxygens (including phenoxy) is 1. The number of para-hydroxylation sites is 1. The van der Waals surface area contributed by atoms with Crippen LogP contribution in [-0.2, 0) is 16.1 Å². The third kappa shape index (κ3) is 5.17. The summed E-state index contributed by atoms with van der Waals surface area (Å²) in [7, 11) is 0. The Morgan fingerprint density at radius 3 is 2.43 bits per heavy atom. The predicted molar refractivity (Wildman–Crippen MR) is 120 cm³/mol. The number of hydrogen-bond donors (Lipinski definition) is 2. The highest BCUT2D eigenvalue weighted by Crippen LogP contribution is 2.24. The van der Waals surface area contributed by atoms with Crippen molar-refractivity contribution in [1.82, 2.24) is 20.1 Å². The van der Waals surface area contributed by atoms with Gasteiger partial charge in [0.25, 0.3) is 0 Å². The molecule has 0 spiro atoms. The van der Waals surface area contributed by atoms with E-state index in [4.69, 9.17) is 15.6 Å². The number of halogens is 2. The minimum Gasteiger partial charge on any atom is -0.381 e. The Morgan fingerprint density at radius 1 is 1.10 bits per heavy atom. The number of rotatable bonds is 5. The van der Waals surface area contributed by atoms with Crippen molar-refractivity contribution in [1.29, 1.82) is 0 Å². The first-order valence-electron chi connectivity index (χ1n) is 9.35. The maximum absolute atomic E-state index is 12.7. The van der Waals surface area contributed by atoms with Crippen LogP contribution in [0.1, 0.15) is 18.4 Å². The average molecular weight is 450 g/mol. The molecule has 1 aliphatic heterocycles. The Labute approximate surface area is 187 Å². The van der Waals surface area contributed by atoms with Gasteiger partial charge in [0, 0.05) is 49.5 Å². The quantitative estimate of drug-likeness (QED) is 0.624. The van der Waals surface area contributed by atoms with Crippen molar-refractivity contribution in [3.05, 3.63) is 66.6 Å². The zero-order chi connectivity index (χ0) is 19.4. The molecule has 30 heavy (non-hydrogen) atoms. The van der Waals surface area contributed by atoms with Crippen LogP contribution in [0.5, 0.6) is 0 Å². The summed E-state index contributed by atoms with van der Waals surface area (Å²) >= 11 is 0. The molecule has 0 radical (unpaired) electrons. The lowest BCUT2D eigenvalue weighted by Gasteiger charge is -2.31. The van der Waals surface area contributed by atoms with Gasteiger partial charge < -0.3 is 15.8 Å². The topological polar surface area (TPSA) is 95.1 Å². The van der Waals surface area contributed by atoms with Gasteiger partial charge in [-0.25, -0.2) is 4.68 Å². The predicted octanol–water partition coefficient (Wildman–Crippen LogP) is 2.90. The third-order valence-electron chi connectivity index (χ3n) is 5.04. The number of hydrogen-bond acceptors (Lipinski definition) is 5. The Balaban J connectivity index is 0.00000160. The van der Waals surface area contributed by atoms with Crippen LogP contribution in [0.15, 0.2) is 61.1 Å². The third-order valence-corrected chi connectivity index (χ3v) is 5.04. The molecule has 7 nitrogen and oxygen atoms in total. The minimum absolute atomic E-state index is 0. The summed E-state index contributed by atoms with van der Waals surface area (Å²) in [5.41, 5.74) is 9.05. The Kier molecular flexibility index (Phi) is 8.37. The van der Waals surface area contributed by atoms with E-state index in [2.05, 4.69) is 10.3 Å². The molecule has 3 heterocycles. The molecule has 1 amide bonds. The normalized spacial score (nSPS) is 14.8. The number of nitrogens with one attached hydrogen (secondary N) is 1. The first-order valence-corrected chi connectivity index (χ1v) is 9.35. The van der Waals surface area contributed by atoms with Crippen LogP contribution >= 0.6 is 24.8 Å². The van der Waals surface area contributed by atoms with Gasteiger partial charge in [-0.3, -0.25) is 9.78 Å². The second kappa shape index (κ2) is 10.5. The molecular formula is C21H25Cl2N5O2. The molecule has 3 aromatic rings. The SMILES string of the molecule is Cl.Cl.NC1(C(=O)NCc2cn(-c3ccccc3)nc2-c2ccncc2)CCOCC1. The molecule has 1 aliphatic rings. The van der Waals surface area contributed by atoms with Crippen LogP contribution in [-0.4, -0.2) is 39.4 Å². The maximum Gasteiger partial charge on any atom is 0.240 e. The molecule has 0 aliphatic carbocycles. The lowest BCUT2D eigenvalue weighted by molar-refractivity contribution is -0.129. The number of pyridine rings is 1. The van der Waals surface area contributed by atoms with E-state index in [-0.39, 0.29) is 30.7 Å². The lowest BCUT2D eigenvalue weighted by Crippen LogP contribution is -2.56. The second-order valence-corrected chi connectivity index (χ2v) is 6.97. The molecule has 1 fully saturated rings. The van der Waals surface area contributed by atoms with Gasteiger partial charge in [0.15, 0.2) is 0 Å². The van der Waals surface area contributed by atoms with Crippen molar-refractivity contribution >= 4 is 30.7 Å². The molecular weight excluding hydrogens is 425 g/mol. The van der Waals surface area contributed by atoms with Gasteiger partial charge in [-0.15, -0.1) is 24.8 Å². The van der Waals surface area contributed by atoms with Gasteiger partial charge in [-0.05, 0) is 37.1 Å². The fourth-order valence-electron chi connectivity index (χ4n) is 3.32. The van der Waals surface area contributed by atoms with E-state index in [9.17, 15) is 4.79 Å². The standard InChI is InChI=1S/C21H23N5O2.2ClH/c22-21(8-12-28-13-9-21)20(27)24-14-17-15-26(18-4-2-1-3-5-18)25-19(17)16-6-10-23-11-7-16;;/h1-7,10-11,15H,8-9,12-14,22H2,(H,24,27);2*1H. The van der Waals surface area contributed by atoms with Gasteiger partial charge in [0.1, 0.15) is 0 Å². The van der Waals surface area contributed by atoms with Crippen LogP contribution in [0.2, 0.25) is 0 Å². The van der Waals surface area contributed by atoms with Crippen molar-refractivity contribution < 1.29 is 9.53 Å². The molecule has 1 aromatic carbocycles. The number of carbonyl (C=O) groups excluding carboxylic acids is 1. The number of nitrogens with two attached hydrogens (primary N) is 1. The number of benzene rings is 1. The van der Waals surface area contributed by atoms with E-state index >= 15 is 0 Å².